The van der Waals surface area contributed by atoms with Crippen molar-refractivity contribution >= 4 is 35.3 Å². The van der Waals surface area contributed by atoms with E-state index in [2.05, 4.69) is 15.8 Å². The molecule has 0 heterocycles. The minimum absolute atomic E-state index is 0.0146. The van der Waals surface area contributed by atoms with Crippen molar-refractivity contribution in [3.8, 4) is 5.75 Å². The second-order valence-electron chi connectivity index (χ2n) is 5.29. The van der Waals surface area contributed by atoms with E-state index in [1.807, 2.05) is 31.2 Å². The number of para-hydroxylation sites is 2. The van der Waals surface area contributed by atoms with Crippen molar-refractivity contribution < 1.29 is 14.3 Å². The van der Waals surface area contributed by atoms with Gasteiger partial charge in [-0.1, -0.05) is 35.9 Å². The Hall–Kier alpha value is -2.86. The third-order valence-corrected chi connectivity index (χ3v) is 3.67. The first-order chi connectivity index (χ1) is 12.6. The van der Waals surface area contributed by atoms with Crippen LogP contribution in [0.2, 0.25) is 5.02 Å². The molecule has 0 aliphatic rings. The van der Waals surface area contributed by atoms with E-state index >= 15 is 0 Å². The van der Waals surface area contributed by atoms with Gasteiger partial charge < -0.3 is 10.1 Å². The number of carbonyl (C=O) groups is 2. The Morgan fingerprint density at radius 2 is 1.77 bits per heavy atom. The first-order valence-electron chi connectivity index (χ1n) is 8.18. The van der Waals surface area contributed by atoms with Crippen LogP contribution in [0, 0.1) is 0 Å². The zero-order valence-electron chi connectivity index (χ0n) is 14.4. The van der Waals surface area contributed by atoms with Gasteiger partial charge in [-0.05, 0) is 31.2 Å². The van der Waals surface area contributed by atoms with Gasteiger partial charge in [0, 0.05) is 18.4 Å². The van der Waals surface area contributed by atoms with Crippen LogP contribution < -0.4 is 15.5 Å². The van der Waals surface area contributed by atoms with E-state index in [-0.39, 0.29) is 24.7 Å². The van der Waals surface area contributed by atoms with Crippen LogP contribution in [0.5, 0.6) is 5.75 Å². The minimum atomic E-state index is -0.357. The van der Waals surface area contributed by atoms with Gasteiger partial charge in [-0.3, -0.25) is 9.59 Å². The van der Waals surface area contributed by atoms with E-state index in [4.69, 9.17) is 16.3 Å². The predicted molar refractivity (Wildman–Crippen MR) is 103 cm³/mol. The van der Waals surface area contributed by atoms with Gasteiger partial charge in [0.1, 0.15) is 5.75 Å². The molecule has 6 nitrogen and oxygen atoms in total. The zero-order valence-corrected chi connectivity index (χ0v) is 15.1. The maximum Gasteiger partial charge on any atom is 0.240 e. The highest BCUT2D eigenvalue weighted by Crippen LogP contribution is 2.20. The number of ether oxygens (including phenoxy) is 1. The third kappa shape index (κ3) is 6.22. The monoisotopic (exact) mass is 373 g/mol. The summed E-state index contributed by atoms with van der Waals surface area (Å²) in [5, 5.41) is 7.01. The van der Waals surface area contributed by atoms with E-state index in [1.54, 1.807) is 24.3 Å². The van der Waals surface area contributed by atoms with Gasteiger partial charge in [-0.2, -0.15) is 5.10 Å². The second kappa shape index (κ2) is 10.2. The summed E-state index contributed by atoms with van der Waals surface area (Å²) in [4.78, 5) is 23.7. The molecular formula is C19H20ClN3O3. The molecule has 7 heteroatoms. The fourth-order valence-electron chi connectivity index (χ4n) is 2.11. The Morgan fingerprint density at radius 1 is 1.08 bits per heavy atom. The third-order valence-electron chi connectivity index (χ3n) is 3.34. The van der Waals surface area contributed by atoms with Gasteiger partial charge in [-0.25, -0.2) is 5.43 Å². The Morgan fingerprint density at radius 3 is 2.54 bits per heavy atom. The number of hydrogen-bond donors (Lipinski definition) is 2. The SMILES string of the molecule is CCOc1ccccc1/C=N/NC(=O)CCC(=O)Nc1ccccc1Cl. The van der Waals surface area contributed by atoms with Gasteiger partial charge in [0.2, 0.25) is 11.8 Å². The van der Waals surface area contributed by atoms with Crippen LogP contribution in [0.15, 0.2) is 53.6 Å². The number of rotatable bonds is 8. The van der Waals surface area contributed by atoms with Crippen molar-refractivity contribution in [2.75, 3.05) is 11.9 Å². The van der Waals surface area contributed by atoms with Crippen molar-refractivity contribution in [2.24, 2.45) is 5.10 Å². The Kier molecular flexibility index (Phi) is 7.64. The quantitative estimate of drug-likeness (QED) is 0.548. The fraction of sp³-hybridized carbons (Fsp3) is 0.211. The van der Waals surface area contributed by atoms with Gasteiger partial charge >= 0.3 is 0 Å². The van der Waals surface area contributed by atoms with Crippen LogP contribution >= 0.6 is 11.6 Å². The fourth-order valence-corrected chi connectivity index (χ4v) is 2.29. The van der Waals surface area contributed by atoms with E-state index in [1.165, 1.54) is 6.21 Å². The first-order valence-corrected chi connectivity index (χ1v) is 8.56. The van der Waals surface area contributed by atoms with Crippen LogP contribution in [-0.2, 0) is 9.59 Å². The lowest BCUT2D eigenvalue weighted by atomic mass is 10.2. The largest absolute Gasteiger partial charge is 0.493 e. The number of benzene rings is 2. The highest BCUT2D eigenvalue weighted by molar-refractivity contribution is 6.33. The number of nitrogens with zero attached hydrogens (tertiary/aromatic N) is 1. The number of nitrogens with one attached hydrogen (secondary N) is 2. The summed E-state index contributed by atoms with van der Waals surface area (Å²) < 4.78 is 5.47. The molecule has 0 bridgehead atoms. The molecule has 0 radical (unpaired) electrons. The Balaban J connectivity index is 1.78. The Labute approximate surface area is 157 Å². The Bertz CT molecular complexity index is 793. The molecule has 0 saturated heterocycles. The highest BCUT2D eigenvalue weighted by Gasteiger charge is 2.08. The molecule has 2 amide bonds. The lowest BCUT2D eigenvalue weighted by molar-refractivity contribution is -0.124. The number of carbonyl (C=O) groups excluding carboxylic acids is 2. The molecule has 2 rings (SSSR count). The lowest BCUT2D eigenvalue weighted by Gasteiger charge is -2.07. The van der Waals surface area contributed by atoms with Crippen LogP contribution in [0.3, 0.4) is 0 Å². The molecule has 0 saturated carbocycles. The van der Waals surface area contributed by atoms with Crippen LogP contribution in [0.25, 0.3) is 0 Å². The summed E-state index contributed by atoms with van der Waals surface area (Å²) in [6.07, 6.45) is 1.55. The standard InChI is InChI=1S/C19H20ClN3O3/c1-2-26-17-10-6-3-7-14(17)13-21-23-19(25)12-11-18(24)22-16-9-5-4-8-15(16)20/h3-10,13H,2,11-12H2,1H3,(H,22,24)(H,23,25)/b21-13+. The van der Waals surface area contributed by atoms with E-state index in [0.717, 1.165) is 5.56 Å². The van der Waals surface area contributed by atoms with Gasteiger partial charge in [-0.15, -0.1) is 0 Å². The average Bonchev–Trinajstić information content (AvgIpc) is 2.63. The van der Waals surface area contributed by atoms with Crippen LogP contribution in [-0.4, -0.2) is 24.6 Å². The predicted octanol–water partition coefficient (Wildman–Crippen LogP) is 3.61. The highest BCUT2D eigenvalue weighted by atomic mass is 35.5. The van der Waals surface area contributed by atoms with Crippen molar-refractivity contribution in [3.05, 3.63) is 59.1 Å². The smallest absolute Gasteiger partial charge is 0.240 e. The summed E-state index contributed by atoms with van der Waals surface area (Å²) >= 11 is 5.97. The molecule has 0 aromatic heterocycles. The molecule has 0 unspecified atom stereocenters. The van der Waals surface area contributed by atoms with Crippen LogP contribution in [0.1, 0.15) is 25.3 Å². The molecule has 136 valence electrons. The molecule has 2 aromatic rings. The molecule has 2 N–H and O–H groups in total. The number of amides is 2. The molecule has 0 aliphatic carbocycles. The van der Waals surface area contributed by atoms with E-state index in [0.29, 0.717) is 23.1 Å². The lowest BCUT2D eigenvalue weighted by Crippen LogP contribution is -2.20. The molecule has 0 aliphatic heterocycles. The second-order valence-corrected chi connectivity index (χ2v) is 5.70. The van der Waals surface area contributed by atoms with E-state index < -0.39 is 0 Å². The number of hydrazone groups is 1. The number of anilines is 1. The number of halogens is 1. The maximum atomic E-state index is 11.9. The summed E-state index contributed by atoms with van der Waals surface area (Å²) in [6.45, 7) is 2.43. The van der Waals surface area contributed by atoms with Crippen molar-refractivity contribution in [2.45, 2.75) is 19.8 Å². The van der Waals surface area contributed by atoms with Crippen LogP contribution in [0.4, 0.5) is 5.69 Å². The zero-order chi connectivity index (χ0) is 18.8. The molecular weight excluding hydrogens is 354 g/mol. The molecule has 2 aromatic carbocycles. The summed E-state index contributed by atoms with van der Waals surface area (Å²) in [5.41, 5.74) is 3.67. The normalized spacial score (nSPS) is 10.5. The van der Waals surface area contributed by atoms with Gasteiger partial charge in [0.25, 0.3) is 0 Å². The van der Waals surface area contributed by atoms with Gasteiger partial charge in [0.15, 0.2) is 0 Å². The average molecular weight is 374 g/mol. The van der Waals surface area contributed by atoms with Crippen molar-refractivity contribution in [1.82, 2.24) is 5.43 Å². The molecule has 26 heavy (non-hydrogen) atoms. The summed E-state index contributed by atoms with van der Waals surface area (Å²) in [7, 11) is 0. The first kappa shape index (κ1) is 19.5. The van der Waals surface area contributed by atoms with Crippen molar-refractivity contribution in [1.29, 1.82) is 0 Å². The molecule has 0 spiro atoms. The maximum absolute atomic E-state index is 11.9. The van der Waals surface area contributed by atoms with E-state index in [9.17, 15) is 9.59 Å². The number of hydrogen-bond acceptors (Lipinski definition) is 4. The molecule has 0 atom stereocenters. The topological polar surface area (TPSA) is 79.8 Å². The van der Waals surface area contributed by atoms with Crippen molar-refractivity contribution in [3.63, 3.8) is 0 Å². The summed E-state index contributed by atoms with van der Waals surface area (Å²) in [6, 6.07) is 14.3. The summed E-state index contributed by atoms with van der Waals surface area (Å²) in [5.74, 6) is 0.0375. The molecule has 0 fully saturated rings. The minimum Gasteiger partial charge on any atom is -0.493 e. The van der Waals surface area contributed by atoms with Gasteiger partial charge in [0.05, 0.1) is 23.5 Å².